The average Bonchev–Trinajstić information content (AvgIpc) is 2.48. The van der Waals surface area contributed by atoms with E-state index >= 15 is 0 Å². The van der Waals surface area contributed by atoms with Crippen LogP contribution >= 0.6 is 0 Å². The molecule has 1 heterocycles. The standard InChI is InChI=1S/C11H18O3/c1-5-8(6-2)10(12)9-7-13-11(3,4)14-9/h9-10,12H,1,6-7H2,2-4H3. The maximum absolute atomic E-state index is 9.90. The van der Waals surface area contributed by atoms with Crippen LogP contribution in [0.3, 0.4) is 0 Å². The zero-order valence-corrected chi connectivity index (χ0v) is 9.04. The Morgan fingerprint density at radius 2 is 2.36 bits per heavy atom. The summed E-state index contributed by atoms with van der Waals surface area (Å²) in [5, 5.41) is 9.90. The van der Waals surface area contributed by atoms with Crippen LogP contribution in [0.5, 0.6) is 0 Å². The van der Waals surface area contributed by atoms with E-state index in [2.05, 4.69) is 12.3 Å². The number of aliphatic hydroxyl groups is 1. The highest BCUT2D eigenvalue weighted by atomic mass is 16.7. The summed E-state index contributed by atoms with van der Waals surface area (Å²) < 4.78 is 10.9. The lowest BCUT2D eigenvalue weighted by Gasteiger charge is -2.20. The topological polar surface area (TPSA) is 38.7 Å². The van der Waals surface area contributed by atoms with Gasteiger partial charge < -0.3 is 14.6 Å². The lowest BCUT2D eigenvalue weighted by atomic mass is 10.0. The summed E-state index contributed by atoms with van der Waals surface area (Å²) in [6.07, 6.45) is -0.223. The second-order valence-corrected chi connectivity index (χ2v) is 3.87. The number of hydrogen-bond acceptors (Lipinski definition) is 3. The van der Waals surface area contributed by atoms with E-state index in [1.807, 2.05) is 20.8 Å². The molecule has 0 saturated carbocycles. The van der Waals surface area contributed by atoms with E-state index in [-0.39, 0.29) is 6.10 Å². The molecule has 14 heavy (non-hydrogen) atoms. The summed E-state index contributed by atoms with van der Waals surface area (Å²) in [5.41, 5.74) is 3.51. The Bertz CT molecular complexity index is 251. The number of hydrogen-bond donors (Lipinski definition) is 1. The normalized spacial score (nSPS) is 27.0. The maximum atomic E-state index is 9.90. The van der Waals surface area contributed by atoms with Crippen LogP contribution in [-0.4, -0.2) is 29.7 Å². The molecule has 0 aliphatic carbocycles. The van der Waals surface area contributed by atoms with Crippen molar-refractivity contribution in [3.8, 4) is 0 Å². The zero-order chi connectivity index (χ0) is 10.8. The third-order valence-electron chi connectivity index (χ3n) is 2.35. The fraction of sp³-hybridized carbons (Fsp3) is 0.727. The minimum absolute atomic E-state index is 0.297. The van der Waals surface area contributed by atoms with Crippen molar-refractivity contribution in [2.75, 3.05) is 6.61 Å². The Labute approximate surface area is 85.0 Å². The highest BCUT2D eigenvalue weighted by Gasteiger charge is 2.37. The Morgan fingerprint density at radius 3 is 2.71 bits per heavy atom. The second kappa shape index (κ2) is 4.28. The summed E-state index contributed by atoms with van der Waals surface area (Å²) in [5.74, 6) is -0.592. The molecule has 0 spiro atoms. The molecule has 1 rings (SSSR count). The van der Waals surface area contributed by atoms with Crippen LogP contribution < -0.4 is 0 Å². The van der Waals surface area contributed by atoms with Gasteiger partial charge in [0.2, 0.25) is 0 Å². The SMILES string of the molecule is C=C=C(CC)C(O)C1COC(C)(C)O1. The summed E-state index contributed by atoms with van der Waals surface area (Å²) in [6, 6.07) is 0. The van der Waals surface area contributed by atoms with E-state index < -0.39 is 11.9 Å². The van der Waals surface area contributed by atoms with Crippen LogP contribution in [0.2, 0.25) is 0 Å². The lowest BCUT2D eigenvalue weighted by Crippen LogP contribution is -2.31. The first kappa shape index (κ1) is 11.5. The largest absolute Gasteiger partial charge is 0.385 e. The van der Waals surface area contributed by atoms with Gasteiger partial charge in [0, 0.05) is 5.57 Å². The van der Waals surface area contributed by atoms with Crippen molar-refractivity contribution >= 4 is 0 Å². The Kier molecular flexibility index (Phi) is 3.51. The van der Waals surface area contributed by atoms with E-state index in [1.54, 1.807) is 0 Å². The molecular weight excluding hydrogens is 180 g/mol. The molecule has 0 radical (unpaired) electrons. The molecule has 3 heteroatoms. The smallest absolute Gasteiger partial charge is 0.163 e. The molecule has 0 bridgehead atoms. The van der Waals surface area contributed by atoms with Gasteiger partial charge in [-0.15, -0.1) is 5.73 Å². The Hall–Kier alpha value is -0.600. The molecule has 3 nitrogen and oxygen atoms in total. The molecule has 2 unspecified atom stereocenters. The van der Waals surface area contributed by atoms with Crippen LogP contribution in [0.1, 0.15) is 27.2 Å². The summed E-state index contributed by atoms with van der Waals surface area (Å²) in [7, 11) is 0. The summed E-state index contributed by atoms with van der Waals surface area (Å²) in [4.78, 5) is 0. The first-order chi connectivity index (χ1) is 6.50. The van der Waals surface area contributed by atoms with E-state index in [4.69, 9.17) is 9.47 Å². The minimum Gasteiger partial charge on any atom is -0.385 e. The van der Waals surface area contributed by atoms with Gasteiger partial charge in [-0.3, -0.25) is 0 Å². The van der Waals surface area contributed by atoms with Gasteiger partial charge in [-0.2, -0.15) is 0 Å². The second-order valence-electron chi connectivity index (χ2n) is 3.87. The van der Waals surface area contributed by atoms with E-state index in [1.165, 1.54) is 0 Å². The molecule has 0 aromatic carbocycles. The number of aliphatic hydroxyl groups excluding tert-OH is 1. The van der Waals surface area contributed by atoms with Gasteiger partial charge in [-0.25, -0.2) is 0 Å². The van der Waals surface area contributed by atoms with E-state index in [0.29, 0.717) is 6.61 Å². The summed E-state index contributed by atoms with van der Waals surface area (Å²) >= 11 is 0. The van der Waals surface area contributed by atoms with Crippen LogP contribution in [0.4, 0.5) is 0 Å². The third kappa shape index (κ3) is 2.46. The Balaban J connectivity index is 2.64. The molecule has 1 aliphatic rings. The van der Waals surface area contributed by atoms with Crippen molar-refractivity contribution in [2.24, 2.45) is 0 Å². The molecule has 1 N–H and O–H groups in total. The van der Waals surface area contributed by atoms with Crippen molar-refractivity contribution in [1.29, 1.82) is 0 Å². The Morgan fingerprint density at radius 1 is 1.71 bits per heavy atom. The van der Waals surface area contributed by atoms with E-state index in [9.17, 15) is 5.11 Å². The predicted octanol–water partition coefficient (Wildman–Crippen LogP) is 1.62. The third-order valence-corrected chi connectivity index (χ3v) is 2.35. The van der Waals surface area contributed by atoms with Crippen molar-refractivity contribution in [2.45, 2.75) is 45.2 Å². The van der Waals surface area contributed by atoms with Crippen LogP contribution in [0.15, 0.2) is 17.9 Å². The fourth-order valence-electron chi connectivity index (χ4n) is 1.53. The van der Waals surface area contributed by atoms with Gasteiger partial charge in [0.25, 0.3) is 0 Å². The van der Waals surface area contributed by atoms with E-state index in [0.717, 1.165) is 12.0 Å². The highest BCUT2D eigenvalue weighted by molar-refractivity contribution is 5.08. The highest BCUT2D eigenvalue weighted by Crippen LogP contribution is 2.26. The fourth-order valence-corrected chi connectivity index (χ4v) is 1.53. The monoisotopic (exact) mass is 198 g/mol. The zero-order valence-electron chi connectivity index (χ0n) is 9.04. The average molecular weight is 198 g/mol. The van der Waals surface area contributed by atoms with Gasteiger partial charge in [0.15, 0.2) is 5.79 Å². The predicted molar refractivity (Wildman–Crippen MR) is 53.9 cm³/mol. The molecule has 0 amide bonds. The maximum Gasteiger partial charge on any atom is 0.163 e. The lowest BCUT2D eigenvalue weighted by molar-refractivity contribution is -0.148. The first-order valence-corrected chi connectivity index (χ1v) is 4.89. The first-order valence-electron chi connectivity index (χ1n) is 4.89. The minimum atomic E-state index is -0.653. The molecular formula is C11H18O3. The molecule has 0 aromatic heterocycles. The summed E-state index contributed by atoms with van der Waals surface area (Å²) in [6.45, 7) is 9.59. The van der Waals surface area contributed by atoms with Gasteiger partial charge in [0.1, 0.15) is 12.2 Å². The molecule has 80 valence electrons. The van der Waals surface area contributed by atoms with Crippen molar-refractivity contribution in [3.05, 3.63) is 17.9 Å². The number of rotatable bonds is 3. The van der Waals surface area contributed by atoms with Crippen molar-refractivity contribution in [1.82, 2.24) is 0 Å². The molecule has 1 saturated heterocycles. The molecule has 2 atom stereocenters. The number of ether oxygens (including phenoxy) is 2. The van der Waals surface area contributed by atoms with Gasteiger partial charge in [-0.1, -0.05) is 13.5 Å². The van der Waals surface area contributed by atoms with Crippen LogP contribution in [-0.2, 0) is 9.47 Å². The molecule has 1 aliphatic heterocycles. The van der Waals surface area contributed by atoms with Crippen LogP contribution in [0.25, 0.3) is 0 Å². The van der Waals surface area contributed by atoms with Gasteiger partial charge in [-0.05, 0) is 20.3 Å². The van der Waals surface area contributed by atoms with Crippen LogP contribution in [0, 0.1) is 0 Å². The van der Waals surface area contributed by atoms with Crippen molar-refractivity contribution in [3.63, 3.8) is 0 Å². The quantitative estimate of drug-likeness (QED) is 0.700. The van der Waals surface area contributed by atoms with Gasteiger partial charge >= 0.3 is 0 Å². The van der Waals surface area contributed by atoms with Gasteiger partial charge in [0.05, 0.1) is 6.61 Å². The van der Waals surface area contributed by atoms with Crippen molar-refractivity contribution < 1.29 is 14.6 Å². The molecule has 0 aromatic rings. The molecule has 1 fully saturated rings.